The van der Waals surface area contributed by atoms with Gasteiger partial charge in [-0.05, 0) is 12.3 Å². The number of aliphatic carboxylic acids is 1. The molecule has 2 N–H and O–H groups in total. The molecule has 1 aliphatic rings. The monoisotopic (exact) mass is 320 g/mol. The van der Waals surface area contributed by atoms with Crippen molar-refractivity contribution in [3.05, 3.63) is 0 Å². The number of rotatable bonds is 7. The Hall–Kier alpha value is -1.15. The van der Waals surface area contributed by atoms with Crippen LogP contribution in [-0.4, -0.2) is 67.5 Å². The van der Waals surface area contributed by atoms with Crippen LogP contribution in [0.2, 0.25) is 0 Å². The van der Waals surface area contributed by atoms with E-state index in [0.29, 0.717) is 12.5 Å². The standard InChI is InChI=1S/C13H24N2O5S/c1-10(2)3-4-14-12(16)8-15-5-6-21(19,20)9-11(15)7-13(17)18/h10-11H,3-9H2,1-2H3,(H,14,16)(H,17,18). The minimum atomic E-state index is -3.21. The average Bonchev–Trinajstić information content (AvgIpc) is 2.31. The first-order chi connectivity index (χ1) is 9.69. The topological polar surface area (TPSA) is 104 Å². The van der Waals surface area contributed by atoms with Crippen molar-refractivity contribution < 1.29 is 23.1 Å². The fraction of sp³-hybridized carbons (Fsp3) is 0.846. The molecule has 7 nitrogen and oxygen atoms in total. The third-order valence-corrected chi connectivity index (χ3v) is 5.15. The van der Waals surface area contributed by atoms with Gasteiger partial charge in [-0.2, -0.15) is 0 Å². The minimum Gasteiger partial charge on any atom is -0.481 e. The maximum absolute atomic E-state index is 11.8. The Balaban J connectivity index is 2.54. The van der Waals surface area contributed by atoms with Gasteiger partial charge < -0.3 is 10.4 Å². The molecule has 21 heavy (non-hydrogen) atoms. The summed E-state index contributed by atoms with van der Waals surface area (Å²) in [6, 6.07) is -0.628. The largest absolute Gasteiger partial charge is 0.481 e. The van der Waals surface area contributed by atoms with Gasteiger partial charge in [-0.1, -0.05) is 13.8 Å². The van der Waals surface area contributed by atoms with Crippen LogP contribution in [0.1, 0.15) is 26.7 Å². The highest BCUT2D eigenvalue weighted by atomic mass is 32.2. The summed E-state index contributed by atoms with van der Waals surface area (Å²) >= 11 is 0. The highest BCUT2D eigenvalue weighted by molar-refractivity contribution is 7.91. The van der Waals surface area contributed by atoms with E-state index < -0.39 is 21.8 Å². The van der Waals surface area contributed by atoms with E-state index in [9.17, 15) is 18.0 Å². The van der Waals surface area contributed by atoms with Gasteiger partial charge in [0.1, 0.15) is 0 Å². The summed E-state index contributed by atoms with van der Waals surface area (Å²) in [6.07, 6.45) is 0.608. The number of carbonyl (C=O) groups is 2. The van der Waals surface area contributed by atoms with E-state index in [1.807, 2.05) is 0 Å². The number of carboxylic acid groups (broad SMARTS) is 1. The van der Waals surface area contributed by atoms with Crippen molar-refractivity contribution in [1.82, 2.24) is 10.2 Å². The maximum Gasteiger partial charge on any atom is 0.304 e. The molecular formula is C13H24N2O5S. The van der Waals surface area contributed by atoms with Crippen molar-refractivity contribution >= 4 is 21.7 Å². The predicted octanol–water partition coefficient (Wildman–Crippen LogP) is -0.278. The van der Waals surface area contributed by atoms with Gasteiger partial charge in [0.25, 0.3) is 0 Å². The van der Waals surface area contributed by atoms with E-state index >= 15 is 0 Å². The van der Waals surface area contributed by atoms with Gasteiger partial charge >= 0.3 is 5.97 Å². The molecule has 1 rings (SSSR count). The van der Waals surface area contributed by atoms with Crippen molar-refractivity contribution in [2.75, 3.05) is 31.1 Å². The summed E-state index contributed by atoms with van der Waals surface area (Å²) in [6.45, 7) is 4.95. The molecular weight excluding hydrogens is 296 g/mol. The van der Waals surface area contributed by atoms with Crippen LogP contribution in [0, 0.1) is 5.92 Å². The van der Waals surface area contributed by atoms with Crippen LogP contribution >= 0.6 is 0 Å². The van der Waals surface area contributed by atoms with Crippen LogP contribution in [0.25, 0.3) is 0 Å². The third kappa shape index (κ3) is 6.90. The van der Waals surface area contributed by atoms with Crippen LogP contribution in [0.5, 0.6) is 0 Å². The van der Waals surface area contributed by atoms with Crippen LogP contribution in [0.15, 0.2) is 0 Å². The number of amides is 1. The molecule has 0 radical (unpaired) electrons. The molecule has 1 fully saturated rings. The molecule has 1 unspecified atom stereocenters. The fourth-order valence-electron chi connectivity index (χ4n) is 2.26. The molecule has 8 heteroatoms. The normalized spacial score (nSPS) is 22.1. The lowest BCUT2D eigenvalue weighted by molar-refractivity contribution is -0.138. The number of sulfone groups is 1. The van der Waals surface area contributed by atoms with E-state index in [2.05, 4.69) is 19.2 Å². The first-order valence-electron chi connectivity index (χ1n) is 7.12. The smallest absolute Gasteiger partial charge is 0.304 e. The summed E-state index contributed by atoms with van der Waals surface area (Å²) < 4.78 is 23.2. The summed E-state index contributed by atoms with van der Waals surface area (Å²) in [5, 5.41) is 11.6. The van der Waals surface area contributed by atoms with Gasteiger partial charge in [0, 0.05) is 19.1 Å². The summed E-state index contributed by atoms with van der Waals surface area (Å²) in [5.41, 5.74) is 0. The molecule has 0 aliphatic carbocycles. The van der Waals surface area contributed by atoms with E-state index in [1.54, 1.807) is 4.90 Å². The second-order valence-corrected chi connectivity index (χ2v) is 8.10. The Morgan fingerprint density at radius 2 is 2.05 bits per heavy atom. The van der Waals surface area contributed by atoms with E-state index in [4.69, 9.17) is 5.11 Å². The first kappa shape index (κ1) is 17.9. The SMILES string of the molecule is CC(C)CCNC(=O)CN1CCS(=O)(=O)CC1CC(=O)O. The Kier molecular flexibility index (Phi) is 6.60. The molecule has 1 atom stereocenters. The zero-order valence-corrected chi connectivity index (χ0v) is 13.4. The molecule has 0 aromatic heterocycles. The van der Waals surface area contributed by atoms with Crippen molar-refractivity contribution in [2.24, 2.45) is 5.92 Å². The van der Waals surface area contributed by atoms with E-state index in [-0.39, 0.29) is 36.9 Å². The van der Waals surface area contributed by atoms with Gasteiger partial charge in [-0.15, -0.1) is 0 Å². The zero-order valence-electron chi connectivity index (χ0n) is 12.5. The van der Waals surface area contributed by atoms with Crippen LogP contribution < -0.4 is 5.32 Å². The summed E-state index contributed by atoms with van der Waals surface area (Å²) in [7, 11) is -3.21. The van der Waals surface area contributed by atoms with Gasteiger partial charge in [0.2, 0.25) is 5.91 Å². The Morgan fingerprint density at radius 1 is 1.38 bits per heavy atom. The van der Waals surface area contributed by atoms with Gasteiger partial charge in [0.15, 0.2) is 9.84 Å². The van der Waals surface area contributed by atoms with Gasteiger partial charge in [0.05, 0.1) is 24.5 Å². The summed E-state index contributed by atoms with van der Waals surface area (Å²) in [4.78, 5) is 24.3. The van der Waals surface area contributed by atoms with Crippen molar-refractivity contribution in [2.45, 2.75) is 32.7 Å². The maximum atomic E-state index is 11.8. The quantitative estimate of drug-likeness (QED) is 0.669. The molecule has 1 aliphatic heterocycles. The number of nitrogens with one attached hydrogen (secondary N) is 1. The molecule has 122 valence electrons. The lowest BCUT2D eigenvalue weighted by Crippen LogP contribution is -2.52. The molecule has 0 aromatic rings. The molecule has 0 saturated carbocycles. The molecule has 1 heterocycles. The lowest BCUT2D eigenvalue weighted by Gasteiger charge is -2.34. The molecule has 1 saturated heterocycles. The highest BCUT2D eigenvalue weighted by Gasteiger charge is 2.33. The lowest BCUT2D eigenvalue weighted by atomic mass is 10.1. The number of nitrogens with zero attached hydrogens (tertiary/aromatic N) is 1. The first-order valence-corrected chi connectivity index (χ1v) is 8.94. The fourth-order valence-corrected chi connectivity index (χ4v) is 3.85. The average molecular weight is 320 g/mol. The number of carboxylic acids is 1. The van der Waals surface area contributed by atoms with Gasteiger partial charge in [-0.25, -0.2) is 8.42 Å². The highest BCUT2D eigenvalue weighted by Crippen LogP contribution is 2.14. The third-order valence-electron chi connectivity index (χ3n) is 3.45. The molecule has 0 aromatic carbocycles. The number of carbonyl (C=O) groups excluding carboxylic acids is 1. The van der Waals surface area contributed by atoms with Crippen LogP contribution in [-0.2, 0) is 19.4 Å². The predicted molar refractivity (Wildman–Crippen MR) is 78.7 cm³/mol. The Morgan fingerprint density at radius 3 is 2.62 bits per heavy atom. The number of hydrogen-bond acceptors (Lipinski definition) is 5. The van der Waals surface area contributed by atoms with Crippen molar-refractivity contribution in [3.63, 3.8) is 0 Å². The van der Waals surface area contributed by atoms with Gasteiger partial charge in [-0.3, -0.25) is 14.5 Å². The van der Waals surface area contributed by atoms with E-state index in [1.165, 1.54) is 0 Å². The van der Waals surface area contributed by atoms with Crippen molar-refractivity contribution in [3.8, 4) is 0 Å². The molecule has 0 spiro atoms. The summed E-state index contributed by atoms with van der Waals surface area (Å²) in [5.74, 6) is -0.973. The van der Waals surface area contributed by atoms with Crippen LogP contribution in [0.3, 0.4) is 0 Å². The number of hydrogen-bond donors (Lipinski definition) is 2. The second-order valence-electron chi connectivity index (χ2n) is 5.87. The minimum absolute atomic E-state index is 0.0254. The zero-order chi connectivity index (χ0) is 16.0. The Labute approximate surface area is 125 Å². The van der Waals surface area contributed by atoms with Crippen LogP contribution in [0.4, 0.5) is 0 Å². The molecule has 1 amide bonds. The second kappa shape index (κ2) is 7.74. The van der Waals surface area contributed by atoms with E-state index in [0.717, 1.165) is 6.42 Å². The molecule has 0 bridgehead atoms. The van der Waals surface area contributed by atoms with Crippen molar-refractivity contribution in [1.29, 1.82) is 0 Å². The Bertz CT molecular complexity index is 475.